The maximum absolute atomic E-state index is 11.8. The number of nitro groups is 1. The molecule has 30 heavy (non-hydrogen) atoms. The first kappa shape index (κ1) is 20.6. The number of ether oxygens (including phenoxy) is 2. The van der Waals surface area contributed by atoms with Crippen LogP contribution in [0.4, 0.5) is 5.69 Å². The molecule has 0 atom stereocenters. The van der Waals surface area contributed by atoms with Crippen LogP contribution in [0.3, 0.4) is 0 Å². The summed E-state index contributed by atoms with van der Waals surface area (Å²) in [6, 6.07) is 12.3. The quantitative estimate of drug-likeness (QED) is 0.225. The van der Waals surface area contributed by atoms with Crippen LogP contribution < -0.4 is 4.74 Å². The highest BCUT2D eigenvalue weighted by Crippen LogP contribution is 2.20. The van der Waals surface area contributed by atoms with Crippen molar-refractivity contribution in [3.63, 3.8) is 0 Å². The molecule has 0 saturated carbocycles. The molecule has 0 fully saturated rings. The molecule has 1 aromatic heterocycles. The number of hydrogen-bond acceptors (Lipinski definition) is 9. The zero-order chi connectivity index (χ0) is 21.5. The molecule has 0 saturated heterocycles. The second kappa shape index (κ2) is 9.41. The third-order valence-electron chi connectivity index (χ3n) is 4.00. The van der Waals surface area contributed by atoms with Gasteiger partial charge >= 0.3 is 5.97 Å². The molecule has 0 unspecified atom stereocenters. The predicted molar refractivity (Wildman–Crippen MR) is 103 cm³/mol. The van der Waals surface area contributed by atoms with Gasteiger partial charge in [0.05, 0.1) is 18.0 Å². The summed E-state index contributed by atoms with van der Waals surface area (Å²) in [4.78, 5) is 37.3. The number of carbonyl (C=O) groups is 2. The van der Waals surface area contributed by atoms with Crippen molar-refractivity contribution in [2.45, 2.75) is 20.0 Å². The Hall–Kier alpha value is -4.08. The van der Waals surface area contributed by atoms with Crippen LogP contribution in [0.1, 0.15) is 29.6 Å². The molecular formula is C20H17N3O7. The van der Waals surface area contributed by atoms with Crippen LogP contribution in [0.2, 0.25) is 0 Å². The lowest BCUT2D eigenvalue weighted by molar-refractivity contribution is -0.384. The monoisotopic (exact) mass is 411 g/mol. The number of benzene rings is 2. The number of nitro benzene ring substituents is 1. The lowest BCUT2D eigenvalue weighted by atomic mass is 10.1. The standard InChI is InChI=1S/C20H17N3O7/c1-13(24)14-4-8-17(9-5-14)28-11-10-19(25)29-12-18-21-20(22-30-18)15-2-6-16(7-3-15)23(26)27/h2-9H,10-12H2,1H3. The first-order chi connectivity index (χ1) is 14.4. The number of Topliss-reactive ketones (excluding diaryl/α,β-unsaturated/α-hetero) is 1. The van der Waals surface area contributed by atoms with Crippen LogP contribution in [0.15, 0.2) is 53.1 Å². The molecule has 0 aliphatic rings. The molecule has 154 valence electrons. The number of non-ortho nitro benzene ring substituents is 1. The topological polar surface area (TPSA) is 135 Å². The Bertz CT molecular complexity index is 1040. The van der Waals surface area contributed by atoms with Crippen molar-refractivity contribution < 1.29 is 28.5 Å². The van der Waals surface area contributed by atoms with Crippen molar-refractivity contribution in [1.29, 1.82) is 0 Å². The van der Waals surface area contributed by atoms with Crippen molar-refractivity contribution in [2.24, 2.45) is 0 Å². The van der Waals surface area contributed by atoms with E-state index < -0.39 is 10.9 Å². The van der Waals surface area contributed by atoms with E-state index >= 15 is 0 Å². The Morgan fingerprint density at radius 1 is 1.10 bits per heavy atom. The highest BCUT2D eigenvalue weighted by Gasteiger charge is 2.13. The Kier molecular flexibility index (Phi) is 6.48. The van der Waals surface area contributed by atoms with Gasteiger partial charge in [-0.15, -0.1) is 0 Å². The number of rotatable bonds is 9. The molecule has 0 aliphatic heterocycles. The first-order valence-electron chi connectivity index (χ1n) is 8.89. The van der Waals surface area contributed by atoms with E-state index in [1.54, 1.807) is 24.3 Å². The van der Waals surface area contributed by atoms with Crippen LogP contribution in [-0.2, 0) is 16.1 Å². The van der Waals surface area contributed by atoms with Gasteiger partial charge in [0, 0.05) is 23.3 Å². The fraction of sp³-hybridized carbons (Fsp3) is 0.200. The summed E-state index contributed by atoms with van der Waals surface area (Å²) in [5.74, 6) is 0.316. The van der Waals surface area contributed by atoms with Gasteiger partial charge in [0.15, 0.2) is 12.4 Å². The molecule has 10 nitrogen and oxygen atoms in total. The third kappa shape index (κ3) is 5.47. The van der Waals surface area contributed by atoms with Crippen molar-refractivity contribution in [1.82, 2.24) is 10.1 Å². The van der Waals surface area contributed by atoms with Crippen molar-refractivity contribution >= 4 is 17.4 Å². The maximum atomic E-state index is 11.8. The second-order valence-corrected chi connectivity index (χ2v) is 6.16. The number of hydrogen-bond donors (Lipinski definition) is 0. The van der Waals surface area contributed by atoms with Crippen LogP contribution in [0.5, 0.6) is 5.75 Å². The fourth-order valence-corrected chi connectivity index (χ4v) is 2.42. The van der Waals surface area contributed by atoms with E-state index in [1.807, 2.05) is 0 Å². The summed E-state index contributed by atoms with van der Waals surface area (Å²) >= 11 is 0. The predicted octanol–water partition coefficient (Wildman–Crippen LogP) is 3.36. The van der Waals surface area contributed by atoms with E-state index in [-0.39, 0.29) is 42.8 Å². The summed E-state index contributed by atoms with van der Waals surface area (Å²) in [7, 11) is 0. The molecule has 0 radical (unpaired) electrons. The van der Waals surface area contributed by atoms with Gasteiger partial charge in [-0.3, -0.25) is 19.7 Å². The minimum absolute atomic E-state index is 0.0117. The molecule has 0 aliphatic carbocycles. The summed E-state index contributed by atoms with van der Waals surface area (Å²) in [5.41, 5.74) is 1.06. The lowest BCUT2D eigenvalue weighted by Crippen LogP contribution is -2.10. The number of aromatic nitrogens is 2. The smallest absolute Gasteiger partial charge is 0.309 e. The molecule has 2 aromatic carbocycles. The molecule has 3 rings (SSSR count). The van der Waals surface area contributed by atoms with E-state index in [9.17, 15) is 19.7 Å². The number of esters is 1. The minimum Gasteiger partial charge on any atom is -0.493 e. The molecule has 0 amide bonds. The molecule has 0 spiro atoms. The number of ketones is 1. The van der Waals surface area contributed by atoms with Crippen LogP contribution in [0, 0.1) is 10.1 Å². The average Bonchev–Trinajstić information content (AvgIpc) is 3.22. The Balaban J connectivity index is 1.43. The average molecular weight is 411 g/mol. The van der Waals surface area contributed by atoms with Gasteiger partial charge in [0.2, 0.25) is 5.82 Å². The number of carbonyl (C=O) groups excluding carboxylic acids is 2. The van der Waals surface area contributed by atoms with Crippen LogP contribution in [-0.4, -0.2) is 33.4 Å². The Morgan fingerprint density at radius 2 is 1.80 bits per heavy atom. The molecule has 0 bridgehead atoms. The van der Waals surface area contributed by atoms with Crippen molar-refractivity contribution in [3.8, 4) is 17.1 Å². The summed E-state index contributed by atoms with van der Waals surface area (Å²) in [6.45, 7) is 1.38. The zero-order valence-corrected chi connectivity index (χ0v) is 15.9. The normalized spacial score (nSPS) is 10.4. The van der Waals surface area contributed by atoms with Crippen molar-refractivity contribution in [3.05, 3.63) is 70.1 Å². The largest absolute Gasteiger partial charge is 0.493 e. The Morgan fingerprint density at radius 3 is 2.43 bits per heavy atom. The molecule has 1 heterocycles. The molecule has 0 N–H and O–H groups in total. The molecule has 10 heteroatoms. The van der Waals surface area contributed by atoms with E-state index in [0.29, 0.717) is 16.9 Å². The lowest BCUT2D eigenvalue weighted by Gasteiger charge is -2.06. The summed E-state index contributed by atoms with van der Waals surface area (Å²) < 4.78 is 15.5. The van der Waals surface area contributed by atoms with Gasteiger partial charge < -0.3 is 14.0 Å². The minimum atomic E-state index is -0.509. The highest BCUT2D eigenvalue weighted by atomic mass is 16.6. The van der Waals surface area contributed by atoms with Gasteiger partial charge in [0.1, 0.15) is 5.75 Å². The summed E-state index contributed by atoms with van der Waals surface area (Å²) in [6.07, 6.45) is 0.0117. The van der Waals surface area contributed by atoms with Gasteiger partial charge in [0.25, 0.3) is 11.6 Å². The van der Waals surface area contributed by atoms with E-state index in [2.05, 4.69) is 10.1 Å². The number of nitrogens with zero attached hydrogens (tertiary/aromatic N) is 3. The molecular weight excluding hydrogens is 394 g/mol. The van der Waals surface area contributed by atoms with Crippen LogP contribution in [0.25, 0.3) is 11.4 Å². The van der Waals surface area contributed by atoms with E-state index in [0.717, 1.165) is 0 Å². The summed E-state index contributed by atoms with van der Waals surface area (Å²) in [5, 5.41) is 14.4. The van der Waals surface area contributed by atoms with Gasteiger partial charge in [-0.05, 0) is 43.3 Å². The fourth-order valence-electron chi connectivity index (χ4n) is 2.42. The van der Waals surface area contributed by atoms with Crippen molar-refractivity contribution in [2.75, 3.05) is 6.61 Å². The Labute approximate surface area is 170 Å². The third-order valence-corrected chi connectivity index (χ3v) is 4.00. The van der Waals surface area contributed by atoms with Gasteiger partial charge in [-0.2, -0.15) is 4.98 Å². The highest BCUT2D eigenvalue weighted by molar-refractivity contribution is 5.94. The van der Waals surface area contributed by atoms with Gasteiger partial charge in [-0.1, -0.05) is 5.16 Å². The van der Waals surface area contributed by atoms with E-state index in [4.69, 9.17) is 14.0 Å². The van der Waals surface area contributed by atoms with E-state index in [1.165, 1.54) is 31.2 Å². The zero-order valence-electron chi connectivity index (χ0n) is 15.9. The molecule has 3 aromatic rings. The SMILES string of the molecule is CC(=O)c1ccc(OCCC(=O)OCc2nc(-c3ccc([N+](=O)[O-])cc3)no2)cc1. The van der Waals surface area contributed by atoms with Gasteiger partial charge in [-0.25, -0.2) is 0 Å². The maximum Gasteiger partial charge on any atom is 0.309 e. The first-order valence-corrected chi connectivity index (χ1v) is 8.89. The van der Waals surface area contributed by atoms with Crippen LogP contribution >= 0.6 is 0 Å². The second-order valence-electron chi connectivity index (χ2n) is 6.16.